The van der Waals surface area contributed by atoms with Crippen LogP contribution >= 0.6 is 0 Å². The van der Waals surface area contributed by atoms with Crippen LogP contribution in [0.5, 0.6) is 0 Å². The number of carbonyl (C=O) groups is 3. The summed E-state index contributed by atoms with van der Waals surface area (Å²) in [5.41, 5.74) is 6.36. The molecule has 1 heterocycles. The molecule has 0 unspecified atom stereocenters. The summed E-state index contributed by atoms with van der Waals surface area (Å²) in [6, 6.07) is 8.83. The van der Waals surface area contributed by atoms with Gasteiger partial charge < -0.3 is 10.6 Å². The van der Waals surface area contributed by atoms with E-state index in [2.05, 4.69) is 5.32 Å². The Morgan fingerprint density at radius 3 is 2.32 bits per heavy atom. The molecule has 0 radical (unpaired) electrons. The Labute approximate surface area is 110 Å². The second-order valence-electron chi connectivity index (χ2n) is 4.63. The number of amides is 3. The zero-order valence-electron chi connectivity index (χ0n) is 10.4. The van der Waals surface area contributed by atoms with Crippen LogP contribution in [-0.2, 0) is 20.8 Å². The van der Waals surface area contributed by atoms with Crippen LogP contribution in [0.1, 0.15) is 5.56 Å². The number of benzene rings is 1. The topological polar surface area (TPSA) is 93.7 Å². The SMILES string of the molecule is NC(=O)[C@@H](Cc1ccccc1)[NH+]1CC(=O)NC(=O)C1. The fraction of sp³-hybridized carbons (Fsp3) is 0.308. The minimum Gasteiger partial charge on any atom is -0.365 e. The van der Waals surface area contributed by atoms with E-state index in [9.17, 15) is 14.4 Å². The highest BCUT2D eigenvalue weighted by atomic mass is 16.2. The van der Waals surface area contributed by atoms with Gasteiger partial charge in [-0.15, -0.1) is 0 Å². The quantitative estimate of drug-likeness (QED) is 0.529. The van der Waals surface area contributed by atoms with Crippen molar-refractivity contribution in [2.75, 3.05) is 13.1 Å². The lowest BCUT2D eigenvalue weighted by atomic mass is 10.0. The van der Waals surface area contributed by atoms with Gasteiger partial charge >= 0.3 is 0 Å². The van der Waals surface area contributed by atoms with Crippen molar-refractivity contribution in [3.63, 3.8) is 0 Å². The highest BCUT2D eigenvalue weighted by Gasteiger charge is 2.35. The van der Waals surface area contributed by atoms with Gasteiger partial charge in [-0.25, -0.2) is 0 Å². The molecule has 1 aliphatic heterocycles. The van der Waals surface area contributed by atoms with Crippen LogP contribution < -0.4 is 16.0 Å². The molecule has 0 spiro atoms. The first-order valence-electron chi connectivity index (χ1n) is 6.07. The molecule has 0 saturated carbocycles. The van der Waals surface area contributed by atoms with Gasteiger partial charge in [0.25, 0.3) is 17.7 Å². The zero-order chi connectivity index (χ0) is 13.8. The highest BCUT2D eigenvalue weighted by Crippen LogP contribution is 2.01. The summed E-state index contributed by atoms with van der Waals surface area (Å²) in [4.78, 5) is 34.9. The standard InChI is InChI=1S/C13H15N3O3/c14-13(19)10(6-9-4-2-1-3-5-9)16-7-11(17)15-12(18)8-16/h1-5,10H,6-8H2,(H2,14,19)(H,15,17,18)/p+1/t10-/m1/s1. The summed E-state index contributed by atoms with van der Waals surface area (Å²) in [7, 11) is 0. The molecule has 1 saturated heterocycles. The van der Waals surface area contributed by atoms with Gasteiger partial charge in [-0.3, -0.25) is 19.7 Å². The van der Waals surface area contributed by atoms with Gasteiger partial charge in [0, 0.05) is 6.42 Å². The molecule has 100 valence electrons. The van der Waals surface area contributed by atoms with Crippen LogP contribution in [0.4, 0.5) is 0 Å². The second-order valence-corrected chi connectivity index (χ2v) is 4.63. The Morgan fingerprint density at radius 1 is 1.21 bits per heavy atom. The van der Waals surface area contributed by atoms with Crippen molar-refractivity contribution in [2.24, 2.45) is 5.73 Å². The number of hydrogen-bond acceptors (Lipinski definition) is 3. The second kappa shape index (κ2) is 5.62. The number of nitrogens with one attached hydrogen (secondary N) is 2. The van der Waals surface area contributed by atoms with Crippen molar-refractivity contribution < 1.29 is 19.3 Å². The molecular formula is C13H16N3O3+. The van der Waals surface area contributed by atoms with Gasteiger partial charge in [0.15, 0.2) is 19.1 Å². The molecule has 19 heavy (non-hydrogen) atoms. The fourth-order valence-electron chi connectivity index (χ4n) is 2.26. The maximum atomic E-state index is 11.6. The third kappa shape index (κ3) is 3.38. The summed E-state index contributed by atoms with van der Waals surface area (Å²) in [6.45, 7) is 0.179. The number of primary amides is 1. The first-order valence-corrected chi connectivity index (χ1v) is 6.07. The van der Waals surface area contributed by atoms with Crippen molar-refractivity contribution in [1.82, 2.24) is 5.32 Å². The van der Waals surface area contributed by atoms with E-state index in [1.165, 1.54) is 0 Å². The third-order valence-electron chi connectivity index (χ3n) is 3.17. The minimum absolute atomic E-state index is 0.0895. The van der Waals surface area contributed by atoms with E-state index in [4.69, 9.17) is 5.73 Å². The van der Waals surface area contributed by atoms with Crippen LogP contribution in [-0.4, -0.2) is 36.9 Å². The smallest absolute Gasteiger partial charge is 0.281 e. The van der Waals surface area contributed by atoms with Gasteiger partial charge in [0.05, 0.1) is 0 Å². The summed E-state index contributed by atoms with van der Waals surface area (Å²) in [6.07, 6.45) is 0.423. The Hall–Kier alpha value is -2.21. The van der Waals surface area contributed by atoms with Crippen molar-refractivity contribution in [1.29, 1.82) is 0 Å². The van der Waals surface area contributed by atoms with Gasteiger partial charge in [0.2, 0.25) is 0 Å². The average molecular weight is 262 g/mol. The van der Waals surface area contributed by atoms with Crippen LogP contribution in [0.25, 0.3) is 0 Å². The molecule has 1 atom stereocenters. The number of carbonyl (C=O) groups excluding carboxylic acids is 3. The summed E-state index contributed by atoms with van der Waals surface area (Å²) < 4.78 is 0. The van der Waals surface area contributed by atoms with Crippen molar-refractivity contribution >= 4 is 17.7 Å². The predicted octanol–water partition coefficient (Wildman–Crippen LogP) is -2.38. The van der Waals surface area contributed by atoms with Crippen LogP contribution in [0.3, 0.4) is 0 Å². The van der Waals surface area contributed by atoms with Crippen molar-refractivity contribution in [3.8, 4) is 0 Å². The van der Waals surface area contributed by atoms with E-state index in [1.54, 1.807) is 0 Å². The number of quaternary nitrogens is 1. The molecule has 6 nitrogen and oxygen atoms in total. The summed E-state index contributed by atoms with van der Waals surface area (Å²) in [5, 5.41) is 2.22. The van der Waals surface area contributed by atoms with Gasteiger partial charge in [-0.2, -0.15) is 0 Å². The van der Waals surface area contributed by atoms with Gasteiger partial charge in [-0.05, 0) is 5.56 Å². The molecule has 1 fully saturated rings. The van der Waals surface area contributed by atoms with Crippen LogP contribution in [0.15, 0.2) is 30.3 Å². The molecule has 0 aromatic heterocycles. The van der Waals surface area contributed by atoms with Gasteiger partial charge in [-0.1, -0.05) is 30.3 Å². The predicted molar refractivity (Wildman–Crippen MR) is 67.0 cm³/mol. The monoisotopic (exact) mass is 262 g/mol. The van der Waals surface area contributed by atoms with Crippen molar-refractivity contribution in [2.45, 2.75) is 12.5 Å². The normalized spacial score (nSPS) is 17.9. The Bertz CT molecular complexity index is 485. The first-order chi connectivity index (χ1) is 9.06. The molecule has 1 aromatic carbocycles. The molecule has 6 heteroatoms. The lowest BCUT2D eigenvalue weighted by Gasteiger charge is -2.28. The number of piperazine rings is 1. The van der Waals surface area contributed by atoms with Crippen LogP contribution in [0, 0.1) is 0 Å². The fourth-order valence-corrected chi connectivity index (χ4v) is 2.26. The van der Waals surface area contributed by atoms with E-state index >= 15 is 0 Å². The number of nitrogens with two attached hydrogens (primary N) is 1. The molecule has 1 aromatic rings. The molecule has 4 N–H and O–H groups in total. The first kappa shape index (κ1) is 13.2. The Balaban J connectivity index is 2.14. The maximum Gasteiger partial charge on any atom is 0.281 e. The molecule has 0 aliphatic carbocycles. The molecule has 3 amide bonds. The van der Waals surface area contributed by atoms with Crippen molar-refractivity contribution in [3.05, 3.63) is 35.9 Å². The van der Waals surface area contributed by atoms with E-state index in [1.807, 2.05) is 30.3 Å². The van der Waals surface area contributed by atoms with Gasteiger partial charge in [0.1, 0.15) is 0 Å². The summed E-state index contributed by atoms with van der Waals surface area (Å²) in [5.74, 6) is -1.24. The number of rotatable bonds is 4. The maximum absolute atomic E-state index is 11.6. The number of imide groups is 1. The zero-order valence-corrected chi connectivity index (χ0v) is 10.4. The minimum atomic E-state index is -0.572. The van der Waals surface area contributed by atoms with Crippen LogP contribution in [0.2, 0.25) is 0 Å². The lowest BCUT2D eigenvalue weighted by molar-refractivity contribution is -0.901. The Morgan fingerprint density at radius 2 is 1.79 bits per heavy atom. The lowest BCUT2D eigenvalue weighted by Crippen LogP contribution is -3.20. The van der Waals surface area contributed by atoms with E-state index in [-0.39, 0.29) is 24.9 Å². The Kier molecular flexibility index (Phi) is 3.91. The van der Waals surface area contributed by atoms with E-state index < -0.39 is 11.9 Å². The number of hydrogen-bond donors (Lipinski definition) is 3. The molecule has 0 bridgehead atoms. The summed E-state index contributed by atoms with van der Waals surface area (Å²) >= 11 is 0. The van der Waals surface area contributed by atoms with E-state index in [0.29, 0.717) is 11.3 Å². The average Bonchev–Trinajstić information content (AvgIpc) is 2.35. The molecular weight excluding hydrogens is 246 g/mol. The van der Waals surface area contributed by atoms with E-state index in [0.717, 1.165) is 5.56 Å². The largest absolute Gasteiger partial charge is 0.365 e. The molecule has 1 aliphatic rings. The third-order valence-corrected chi connectivity index (χ3v) is 3.17. The highest BCUT2D eigenvalue weighted by molar-refractivity contribution is 5.97. The molecule has 2 rings (SSSR count).